The molecule has 0 bridgehead atoms. The van der Waals surface area contributed by atoms with Crippen LogP contribution in [-0.4, -0.2) is 0 Å². The Hall–Kier alpha value is 0. The van der Waals surface area contributed by atoms with E-state index in [0.717, 1.165) is 108 Å². The normalized spacial score (nSPS) is 128. The summed E-state index contributed by atoms with van der Waals surface area (Å²) in [6, 6.07) is 0. The lowest BCUT2D eigenvalue weighted by Crippen LogP contribution is -3.39. The predicted molar refractivity (Wildman–Crippen MR) is 214 cm³/mol. The van der Waals surface area contributed by atoms with Crippen molar-refractivity contribution in [3.63, 3.8) is 0 Å². The van der Waals surface area contributed by atoms with Crippen LogP contribution in [0.2, 0.25) is 0 Å². The average molecular weight is 843 g/mol. The smallest absolute Gasteiger partial charge is 0.00932 e. The molecule has 42 rings (SSSR count). The lowest BCUT2D eigenvalue weighted by atomic mass is 8.62. The summed E-state index contributed by atoms with van der Waals surface area (Å²) in [7, 11) is 0. The van der Waals surface area contributed by atoms with Gasteiger partial charge in [0.05, 0.1) is 0 Å². The molecular weight excluding hydrogens is 793 g/mol. The van der Waals surface area contributed by atoms with Gasteiger partial charge in [-0.2, -0.15) is 0 Å². The molecule has 0 aromatic carbocycles. The fraction of sp³-hybridized carbons (Fsp3) is 1.00. The first-order valence-electron chi connectivity index (χ1n) is 32.8. The van der Waals surface area contributed by atoms with Crippen LogP contribution in [0.5, 0.6) is 0 Å². The highest BCUT2D eigenvalue weighted by Crippen LogP contribution is 3.45. The van der Waals surface area contributed by atoms with Gasteiger partial charge in [-0.15, -0.1) is 0 Å². The Bertz CT molecular complexity index is 3520. The van der Waals surface area contributed by atoms with E-state index >= 15 is 0 Å². The van der Waals surface area contributed by atoms with Gasteiger partial charge in [-0.25, -0.2) is 0 Å². The SMILES string of the molecule is C1C2CC3C4C5C6C7C8C9C%10C%11C%12C%13C%14C%15C%16C%17C%18C%19C%20C%21[C@H]%22CC%23CC%24C%25C%26C%27C%28C%29C%30C%31C%32C%33C%34C%35C%36C%37C%38C%39C%40C%41C%42C1C23C%424C%415C%406C%397C%388C%379C%36%10C%35%11C%34%12C%33%13C%32%14C%31%15C%30%16C%29%17C%28%18C%27%19C%26%20C%25%21C%23%24%22. The Labute approximate surface area is 380 Å². The van der Waals surface area contributed by atoms with Crippen LogP contribution >= 0.6 is 0 Å². The molecular formula is C66H50. The molecule has 0 nitrogen and oxygen atoms in total. The zero-order chi connectivity index (χ0) is 37.1. The maximum Gasteiger partial charge on any atom is -0.00932 e. The summed E-state index contributed by atoms with van der Waals surface area (Å²) in [6.45, 7) is 0. The van der Waals surface area contributed by atoms with Crippen LogP contribution in [0.4, 0.5) is 0 Å². The Balaban J connectivity index is 0.516. The van der Waals surface area contributed by atoms with E-state index in [1.165, 1.54) is 249 Å². The molecule has 42 fully saturated rings. The molecule has 0 aromatic rings. The molecule has 314 valence electrons. The Morgan fingerprint density at radius 2 is 0.258 bits per heavy atom. The molecule has 20 spiro atoms. The van der Waals surface area contributed by atoms with Crippen LogP contribution in [0.1, 0.15) is 25.7 Å². The van der Waals surface area contributed by atoms with Crippen LogP contribution in [0, 0.1) is 357 Å². The fourth-order valence-electron chi connectivity index (χ4n) is 62.9. The van der Waals surface area contributed by atoms with E-state index in [9.17, 15) is 0 Å². The molecule has 0 amide bonds. The summed E-state index contributed by atoms with van der Waals surface area (Å²) in [6.07, 6.45) is 7.08. The van der Waals surface area contributed by atoms with Crippen LogP contribution in [0.15, 0.2) is 0 Å². The largest absolute Gasteiger partial charge is 0.0461 e. The molecule has 62 atom stereocenters. The monoisotopic (exact) mass is 842 g/mol. The molecule has 42 aliphatic carbocycles. The van der Waals surface area contributed by atoms with Crippen molar-refractivity contribution in [1.82, 2.24) is 0 Å². The molecule has 0 aliphatic heterocycles. The third-order valence-corrected chi connectivity index (χ3v) is 52.8. The van der Waals surface area contributed by atoms with E-state index in [0.29, 0.717) is 0 Å². The highest BCUT2D eigenvalue weighted by atomic mass is 15.5. The summed E-state index contributed by atoms with van der Waals surface area (Å²) >= 11 is 0. The minimum absolute atomic E-state index is 1.07. The Kier molecular flexibility index (Phi) is 1.57. The van der Waals surface area contributed by atoms with Crippen molar-refractivity contribution in [3.8, 4) is 0 Å². The van der Waals surface area contributed by atoms with Gasteiger partial charge in [-0.1, -0.05) is 0 Å². The van der Waals surface area contributed by atoms with Gasteiger partial charge in [0, 0.05) is 0 Å². The van der Waals surface area contributed by atoms with Crippen LogP contribution in [0.3, 0.4) is 0 Å². The van der Waals surface area contributed by atoms with Gasteiger partial charge in [-0.3, -0.25) is 0 Å². The predicted octanol–water partition coefficient (Wildman–Crippen LogP) is 6.73. The van der Waals surface area contributed by atoms with Gasteiger partial charge >= 0.3 is 0 Å². The Morgan fingerprint density at radius 3 is 0.394 bits per heavy atom. The van der Waals surface area contributed by atoms with Crippen LogP contribution in [0.25, 0.3) is 0 Å². The van der Waals surface area contributed by atoms with E-state index in [4.69, 9.17) is 0 Å². The lowest BCUT2D eigenvalue weighted by molar-refractivity contribution is -0.960. The number of hydrogen-bond acceptors (Lipinski definition) is 0. The third kappa shape index (κ3) is 0.727. The van der Waals surface area contributed by atoms with Crippen molar-refractivity contribution >= 4 is 0 Å². The van der Waals surface area contributed by atoms with E-state index in [1.54, 1.807) is 25.7 Å². The summed E-state index contributed by atoms with van der Waals surface area (Å²) in [5.41, 5.74) is 21.9. The van der Waals surface area contributed by atoms with Crippen LogP contribution < -0.4 is 0 Å². The molecule has 61 unspecified atom stereocenters. The second-order valence-corrected chi connectivity index (χ2v) is 41.2. The number of rotatable bonds is 0. The first-order valence-corrected chi connectivity index (χ1v) is 32.8. The van der Waals surface area contributed by atoms with Crippen LogP contribution in [-0.2, 0) is 0 Å². The summed E-state index contributed by atoms with van der Waals surface area (Å²) < 4.78 is 0. The maximum atomic E-state index is 1.77. The topological polar surface area (TPSA) is 0 Å². The van der Waals surface area contributed by atoms with Crippen molar-refractivity contribution < 1.29 is 0 Å². The molecule has 0 aromatic heterocycles. The quantitative estimate of drug-likeness (QED) is 0.254. The standard InChI is InChI=1S/C66H50/c1-5-2-8-12-16-20-24-28-32-36-40-45-46-42-38-34-30-26-22-18-14-10-4-6-3-9-13-17-21-25-29-33-37-41-44-43-39-35-31-27-23-19-15-11-7(1)47(5,8)49(11,12)51(15,16)53(19,20)55(23,24)57(27,28)59(31,32)61(35,36)63(39,40)65(43,45)66(44,46)64(41,42)62(37,38)60(33,34)58(29,30)56(25,26)54(21,22)52(17,18)50(13,14)48(6,9)10/h5-46H,1-4H2/t5?,6?,7-,8?,9?,10?,11?,12?,13?,14?,15?,16?,17?,18?,19?,20?,21?,22?,23?,24?,25?,26?,27?,28?,29?,30?,31?,32?,33?,34?,35?,36?,37?,38?,39?,40?,41?,42?,43?,44?,45?,46?,47?,48?,49?,50?,51?,52?,53?,54?,55?,56?,57?,58?,59?,60?,61?,62?,63?,64?,65?,66?/m1/s1. The van der Waals surface area contributed by atoms with Gasteiger partial charge in [-0.05, 0) is 383 Å². The van der Waals surface area contributed by atoms with Gasteiger partial charge in [0.25, 0.3) is 0 Å². The van der Waals surface area contributed by atoms with Gasteiger partial charge in [0.15, 0.2) is 0 Å². The van der Waals surface area contributed by atoms with Crippen molar-refractivity contribution in [2.75, 3.05) is 0 Å². The minimum Gasteiger partial charge on any atom is -0.0461 e. The van der Waals surface area contributed by atoms with Crippen molar-refractivity contribution in [1.29, 1.82) is 0 Å². The number of hydrogen-bond donors (Lipinski definition) is 0. The molecule has 42 aliphatic rings. The average Bonchev–Trinajstić information content (AvgIpc) is 3.24. The lowest BCUT2D eigenvalue weighted by Gasteiger charge is -3.41. The molecule has 0 N–H and O–H groups in total. The zero-order valence-corrected chi connectivity index (χ0v) is 37.1. The first kappa shape index (κ1) is 24.4. The van der Waals surface area contributed by atoms with Crippen molar-refractivity contribution in [3.05, 3.63) is 0 Å². The minimum atomic E-state index is 1.07. The van der Waals surface area contributed by atoms with Gasteiger partial charge in [0.2, 0.25) is 0 Å². The van der Waals surface area contributed by atoms with E-state index < -0.39 is 0 Å². The second kappa shape index (κ2) is 4.26. The third-order valence-electron chi connectivity index (χ3n) is 52.8. The Morgan fingerprint density at radius 1 is 0.136 bits per heavy atom. The van der Waals surface area contributed by atoms with Gasteiger partial charge in [0.1, 0.15) is 0 Å². The second-order valence-electron chi connectivity index (χ2n) is 41.2. The molecule has 0 radical (unpaired) electrons. The van der Waals surface area contributed by atoms with Gasteiger partial charge < -0.3 is 0 Å². The summed E-state index contributed by atoms with van der Waals surface area (Å²) in [5, 5.41) is 0. The zero-order valence-electron chi connectivity index (χ0n) is 37.1. The summed E-state index contributed by atoms with van der Waals surface area (Å²) in [5.74, 6) is 58.0. The highest BCUT2D eigenvalue weighted by Gasteiger charge is 3.43. The maximum absolute atomic E-state index is 1.77. The molecule has 66 heavy (non-hydrogen) atoms. The molecule has 0 heteroatoms. The fourth-order valence-corrected chi connectivity index (χ4v) is 62.9. The molecule has 0 saturated heterocycles. The van der Waals surface area contributed by atoms with Crippen molar-refractivity contribution in [2.45, 2.75) is 25.7 Å². The van der Waals surface area contributed by atoms with E-state index in [-0.39, 0.29) is 0 Å². The number of fused-ring (bicyclic) bond motifs is 38. The first-order chi connectivity index (χ1) is 32.8. The molecule has 0 heterocycles. The summed E-state index contributed by atoms with van der Waals surface area (Å²) in [4.78, 5) is 0. The molecule has 42 saturated carbocycles. The highest BCUT2D eigenvalue weighted by molar-refractivity contribution is 5.88. The van der Waals surface area contributed by atoms with E-state index in [2.05, 4.69) is 0 Å². The van der Waals surface area contributed by atoms with Crippen molar-refractivity contribution in [2.24, 2.45) is 357 Å². The van der Waals surface area contributed by atoms with E-state index in [1.807, 2.05) is 0 Å².